The number of hydrogen-bond acceptors (Lipinski definition) is 3. The number of hydrogen-bond donors (Lipinski definition) is 0. The number of benzene rings is 6. The van der Waals surface area contributed by atoms with Gasteiger partial charge in [-0.05, 0) is 87.3 Å². The Hall–Kier alpha value is -5.93. The highest BCUT2D eigenvalue weighted by atomic mass is 14.7. The molecule has 0 saturated carbocycles. The molecule has 9 rings (SSSR count). The highest BCUT2D eigenvalue weighted by Gasteiger charge is 2.12. The predicted octanol–water partition coefficient (Wildman–Crippen LogP) is 10.6. The normalized spacial score (nSPS) is 11.6. The van der Waals surface area contributed by atoms with Gasteiger partial charge in [0.15, 0.2) is 0 Å². The summed E-state index contributed by atoms with van der Waals surface area (Å²) in [7, 11) is 0. The zero-order valence-electron chi connectivity index (χ0n) is 23.8. The van der Waals surface area contributed by atoms with E-state index in [1.165, 1.54) is 21.5 Å². The summed E-state index contributed by atoms with van der Waals surface area (Å²) in [6, 6.07) is 51.4. The number of pyridine rings is 3. The molecule has 0 saturated heterocycles. The van der Waals surface area contributed by atoms with E-state index in [0.717, 1.165) is 66.4 Å². The molecule has 3 nitrogen and oxygen atoms in total. The molecule has 0 N–H and O–H groups in total. The van der Waals surface area contributed by atoms with Gasteiger partial charge in [0.05, 0.1) is 27.9 Å². The minimum Gasteiger partial charge on any atom is -0.256 e. The van der Waals surface area contributed by atoms with Crippen LogP contribution in [0, 0.1) is 0 Å². The lowest BCUT2D eigenvalue weighted by Crippen LogP contribution is -1.90. The molecule has 204 valence electrons. The Kier molecular flexibility index (Phi) is 5.50. The summed E-state index contributed by atoms with van der Waals surface area (Å²) in [4.78, 5) is 14.7. The molecule has 44 heavy (non-hydrogen) atoms. The summed E-state index contributed by atoms with van der Waals surface area (Å²) in [5.74, 6) is 0. The molecule has 0 fully saturated rings. The lowest BCUT2D eigenvalue weighted by atomic mass is 9.95. The largest absolute Gasteiger partial charge is 0.256 e. The molecule has 0 amide bonds. The Balaban J connectivity index is 1.09. The predicted molar refractivity (Wildman–Crippen MR) is 184 cm³/mol. The summed E-state index contributed by atoms with van der Waals surface area (Å²) in [5.41, 5.74) is 9.46. The van der Waals surface area contributed by atoms with Gasteiger partial charge in [-0.3, -0.25) is 4.98 Å². The summed E-state index contributed by atoms with van der Waals surface area (Å²) >= 11 is 0. The third-order valence-electron chi connectivity index (χ3n) is 8.68. The van der Waals surface area contributed by atoms with Crippen LogP contribution in [0.3, 0.4) is 0 Å². The molecule has 0 atom stereocenters. The molecule has 0 radical (unpaired) electrons. The van der Waals surface area contributed by atoms with Crippen molar-refractivity contribution >= 4 is 54.3 Å². The SMILES string of the molecule is c1ccc2c(c1)cc(-c1ccc3cc(-c4ccc5nc(-c6cccc7ncccc67)ccc5c4)ccc3n1)c1ccccc12. The van der Waals surface area contributed by atoms with Crippen LogP contribution in [0.1, 0.15) is 0 Å². The maximum absolute atomic E-state index is 5.13. The van der Waals surface area contributed by atoms with Crippen molar-refractivity contribution in [1.29, 1.82) is 0 Å². The Morgan fingerprint density at radius 3 is 1.73 bits per heavy atom. The van der Waals surface area contributed by atoms with Crippen LogP contribution in [0.25, 0.3) is 87.9 Å². The van der Waals surface area contributed by atoms with Crippen molar-refractivity contribution in [3.05, 3.63) is 152 Å². The zero-order chi connectivity index (χ0) is 29.0. The fourth-order valence-electron chi connectivity index (χ4n) is 6.50. The summed E-state index contributed by atoms with van der Waals surface area (Å²) < 4.78 is 0. The second-order valence-electron chi connectivity index (χ2n) is 11.3. The first-order valence-electron chi connectivity index (χ1n) is 14.9. The van der Waals surface area contributed by atoms with Crippen molar-refractivity contribution in [2.24, 2.45) is 0 Å². The van der Waals surface area contributed by atoms with E-state index in [0.29, 0.717) is 0 Å². The molecular formula is C41H25N3. The van der Waals surface area contributed by atoms with Gasteiger partial charge in [-0.1, -0.05) is 91.0 Å². The Morgan fingerprint density at radius 2 is 0.977 bits per heavy atom. The standard InChI is InChI=1S/C41H25N3/c1-2-8-31-28(7-1)25-36(33-10-4-3-9-32(31)33)41-21-17-30-24-27(15-19-38(30)44-41)26-14-18-37-29(23-26)16-20-40(43-37)35-11-5-13-39-34(35)12-6-22-42-39/h1-25H. The van der Waals surface area contributed by atoms with Gasteiger partial charge in [0, 0.05) is 33.5 Å². The van der Waals surface area contributed by atoms with Crippen LogP contribution in [-0.2, 0) is 0 Å². The first kappa shape index (κ1) is 24.6. The number of nitrogens with zero attached hydrogens (tertiary/aromatic N) is 3. The van der Waals surface area contributed by atoms with Crippen LogP contribution >= 0.6 is 0 Å². The molecule has 0 aliphatic rings. The number of aromatic nitrogens is 3. The van der Waals surface area contributed by atoms with E-state index in [4.69, 9.17) is 9.97 Å². The monoisotopic (exact) mass is 559 g/mol. The van der Waals surface area contributed by atoms with Crippen molar-refractivity contribution in [1.82, 2.24) is 15.0 Å². The van der Waals surface area contributed by atoms with E-state index >= 15 is 0 Å². The van der Waals surface area contributed by atoms with E-state index in [2.05, 4.69) is 132 Å². The topological polar surface area (TPSA) is 38.7 Å². The van der Waals surface area contributed by atoms with E-state index < -0.39 is 0 Å². The van der Waals surface area contributed by atoms with Gasteiger partial charge in [-0.2, -0.15) is 0 Å². The fraction of sp³-hybridized carbons (Fsp3) is 0. The molecule has 0 bridgehead atoms. The van der Waals surface area contributed by atoms with Crippen LogP contribution in [0.4, 0.5) is 0 Å². The van der Waals surface area contributed by atoms with E-state index in [-0.39, 0.29) is 0 Å². The van der Waals surface area contributed by atoms with Gasteiger partial charge >= 0.3 is 0 Å². The van der Waals surface area contributed by atoms with Crippen LogP contribution in [0.2, 0.25) is 0 Å². The quantitative estimate of drug-likeness (QED) is 0.202. The lowest BCUT2D eigenvalue weighted by Gasteiger charge is -2.12. The Labute approximate surface area is 254 Å². The minimum atomic E-state index is 0.954. The number of fused-ring (bicyclic) bond motifs is 6. The average molecular weight is 560 g/mol. The Morgan fingerprint density at radius 1 is 0.341 bits per heavy atom. The summed E-state index contributed by atoms with van der Waals surface area (Å²) in [6.07, 6.45) is 1.83. The third kappa shape index (κ3) is 4.02. The van der Waals surface area contributed by atoms with E-state index in [1.807, 2.05) is 24.4 Å². The van der Waals surface area contributed by atoms with Gasteiger partial charge in [0.2, 0.25) is 0 Å². The van der Waals surface area contributed by atoms with Crippen molar-refractivity contribution in [2.45, 2.75) is 0 Å². The number of rotatable bonds is 3. The third-order valence-corrected chi connectivity index (χ3v) is 8.68. The maximum atomic E-state index is 5.13. The average Bonchev–Trinajstić information content (AvgIpc) is 3.10. The molecule has 3 heterocycles. The molecule has 3 aromatic heterocycles. The Bertz CT molecular complexity index is 2560. The summed E-state index contributed by atoms with van der Waals surface area (Å²) in [6.45, 7) is 0. The molecule has 0 spiro atoms. The van der Waals surface area contributed by atoms with Crippen LogP contribution in [0.15, 0.2) is 152 Å². The molecule has 9 aromatic rings. The van der Waals surface area contributed by atoms with Gasteiger partial charge in [-0.15, -0.1) is 0 Å². The molecule has 0 aliphatic carbocycles. The molecule has 0 unspecified atom stereocenters. The second-order valence-corrected chi connectivity index (χ2v) is 11.3. The van der Waals surface area contributed by atoms with Gasteiger partial charge in [-0.25, -0.2) is 9.97 Å². The van der Waals surface area contributed by atoms with Crippen molar-refractivity contribution in [3.63, 3.8) is 0 Å². The highest BCUT2D eigenvalue weighted by Crippen LogP contribution is 2.36. The zero-order valence-corrected chi connectivity index (χ0v) is 23.8. The highest BCUT2D eigenvalue weighted by molar-refractivity contribution is 6.13. The smallest absolute Gasteiger partial charge is 0.0716 e. The second kappa shape index (κ2) is 9.82. The van der Waals surface area contributed by atoms with Crippen molar-refractivity contribution in [3.8, 4) is 33.6 Å². The molecule has 0 aliphatic heterocycles. The van der Waals surface area contributed by atoms with Gasteiger partial charge < -0.3 is 0 Å². The fourth-order valence-corrected chi connectivity index (χ4v) is 6.50. The lowest BCUT2D eigenvalue weighted by molar-refractivity contribution is 1.38. The van der Waals surface area contributed by atoms with Gasteiger partial charge in [0.1, 0.15) is 0 Å². The molecule has 6 aromatic carbocycles. The first-order valence-corrected chi connectivity index (χ1v) is 14.9. The first-order chi connectivity index (χ1) is 21.8. The molecule has 3 heteroatoms. The van der Waals surface area contributed by atoms with E-state index in [1.54, 1.807) is 0 Å². The van der Waals surface area contributed by atoms with E-state index in [9.17, 15) is 0 Å². The van der Waals surface area contributed by atoms with Crippen molar-refractivity contribution < 1.29 is 0 Å². The maximum Gasteiger partial charge on any atom is 0.0716 e. The molecular weight excluding hydrogens is 534 g/mol. The van der Waals surface area contributed by atoms with Crippen LogP contribution in [-0.4, -0.2) is 15.0 Å². The summed E-state index contributed by atoms with van der Waals surface area (Å²) in [5, 5.41) is 8.32. The van der Waals surface area contributed by atoms with Crippen molar-refractivity contribution in [2.75, 3.05) is 0 Å². The van der Waals surface area contributed by atoms with Crippen LogP contribution in [0.5, 0.6) is 0 Å². The minimum absolute atomic E-state index is 0.954. The van der Waals surface area contributed by atoms with Crippen LogP contribution < -0.4 is 0 Å². The van der Waals surface area contributed by atoms with Gasteiger partial charge in [0.25, 0.3) is 0 Å².